The third-order valence-corrected chi connectivity index (χ3v) is 13.0. The smallest absolute Gasteiger partial charge is 0.284 e. The molecule has 0 amide bonds. The zero-order valence-electron chi connectivity index (χ0n) is 25.6. The average molecular weight is 957 g/mol. The van der Waals surface area contributed by atoms with Gasteiger partial charge in [-0.25, -0.2) is 8.42 Å². The van der Waals surface area contributed by atoms with Gasteiger partial charge in [0, 0.05) is 17.9 Å². The molecule has 7 rings (SSSR count). The molecular weight excluding hydrogens is 934 g/mol. The normalized spacial score (nSPS) is 16.2. The summed E-state index contributed by atoms with van der Waals surface area (Å²) in [5, 5.41) is 0. The van der Waals surface area contributed by atoms with Crippen LogP contribution in [-0.4, -0.2) is 27.0 Å². The van der Waals surface area contributed by atoms with Gasteiger partial charge in [-0.3, -0.25) is 4.90 Å². The minimum atomic E-state index is -4.55. The maximum Gasteiger partial charge on any atom is 0.284 e. The van der Waals surface area contributed by atoms with Crippen molar-refractivity contribution in [2.45, 2.75) is 9.79 Å². The van der Waals surface area contributed by atoms with Crippen LogP contribution in [0.15, 0.2) is 171 Å². The van der Waals surface area contributed by atoms with Gasteiger partial charge in [0.1, 0.15) is 5.82 Å². The molecule has 0 aromatic heterocycles. The van der Waals surface area contributed by atoms with E-state index in [4.69, 9.17) is 0 Å². The molecule has 0 spiro atoms. The molecule has 0 fully saturated rings. The summed E-state index contributed by atoms with van der Waals surface area (Å²) in [4.78, 5) is 1.69. The van der Waals surface area contributed by atoms with Crippen molar-refractivity contribution in [3.8, 4) is 0 Å². The number of hydrogen-bond acceptors (Lipinski definition) is 5. The van der Waals surface area contributed by atoms with Crippen molar-refractivity contribution in [2.24, 2.45) is 4.40 Å². The summed E-state index contributed by atoms with van der Waals surface area (Å²) in [5.41, 5.74) is 3.62. The third kappa shape index (κ3) is 6.74. The van der Waals surface area contributed by atoms with Crippen molar-refractivity contribution in [3.05, 3.63) is 174 Å². The number of fused-ring (bicyclic) bond motifs is 3. The van der Waals surface area contributed by atoms with E-state index in [0.717, 1.165) is 18.8 Å². The summed E-state index contributed by atoms with van der Waals surface area (Å²) in [6, 6.07) is 34.5. The highest BCUT2D eigenvalue weighted by Gasteiger charge is 2.44. The number of halogens is 4. The standard InChI is InChI=1S/C37H23Br4N3O4S2/c38-27-10-5-24(6-11-27)23-35-43-33-4-2-1-3-25(33)9-22-34(43)36(26-7-12-28(39)13-8-26)37(42-49(45,46)31-18-14-29(40)15-19-31)44(35)50(47,48)32-20-16-30(41)17-21-32/h1-23H/b35-23+,42-37+. The minimum Gasteiger partial charge on any atom is -0.294 e. The summed E-state index contributed by atoms with van der Waals surface area (Å²) < 4.78 is 67.3. The largest absolute Gasteiger partial charge is 0.294 e. The Balaban J connectivity index is 1.64. The van der Waals surface area contributed by atoms with Crippen LogP contribution >= 0.6 is 63.7 Å². The second-order valence-electron chi connectivity index (χ2n) is 11.1. The van der Waals surface area contributed by atoms with Crippen LogP contribution in [0.4, 0.5) is 5.69 Å². The van der Waals surface area contributed by atoms with E-state index >= 15 is 8.42 Å². The molecule has 0 unspecified atom stereocenters. The van der Waals surface area contributed by atoms with Crippen molar-refractivity contribution in [2.75, 3.05) is 4.90 Å². The average Bonchev–Trinajstić information content (AvgIpc) is 3.10. The summed E-state index contributed by atoms with van der Waals surface area (Å²) in [5.74, 6) is -0.121. The minimum absolute atomic E-state index is 0.0596. The van der Waals surface area contributed by atoms with Gasteiger partial charge in [-0.1, -0.05) is 112 Å². The molecule has 0 saturated carbocycles. The number of rotatable bonds is 6. The van der Waals surface area contributed by atoms with E-state index in [1.165, 1.54) is 24.3 Å². The van der Waals surface area contributed by atoms with Crippen molar-refractivity contribution < 1.29 is 16.8 Å². The molecule has 50 heavy (non-hydrogen) atoms. The molecule has 2 aliphatic heterocycles. The van der Waals surface area contributed by atoms with Crippen LogP contribution in [-0.2, 0) is 20.0 Å². The predicted molar refractivity (Wildman–Crippen MR) is 213 cm³/mol. The van der Waals surface area contributed by atoms with E-state index in [2.05, 4.69) is 68.1 Å². The first kappa shape index (κ1) is 34.8. The summed E-state index contributed by atoms with van der Waals surface area (Å²) in [6.45, 7) is 0. The Bertz CT molecular complexity index is 2480. The van der Waals surface area contributed by atoms with Gasteiger partial charge in [0.05, 0.1) is 26.7 Å². The molecule has 5 aromatic rings. The van der Waals surface area contributed by atoms with Crippen molar-refractivity contribution in [1.82, 2.24) is 4.31 Å². The number of anilines is 1. The Morgan fingerprint density at radius 1 is 0.580 bits per heavy atom. The van der Waals surface area contributed by atoms with Crippen LogP contribution in [0.1, 0.15) is 16.7 Å². The highest BCUT2D eigenvalue weighted by molar-refractivity contribution is 9.11. The molecule has 0 bridgehead atoms. The van der Waals surface area contributed by atoms with E-state index in [0.29, 0.717) is 37.0 Å². The molecular formula is C37H23Br4N3O4S2. The van der Waals surface area contributed by atoms with Gasteiger partial charge in [-0.2, -0.15) is 12.7 Å². The molecule has 13 heteroatoms. The predicted octanol–water partition coefficient (Wildman–Crippen LogP) is 10.5. The maximum atomic E-state index is 15.2. The van der Waals surface area contributed by atoms with Gasteiger partial charge in [0.25, 0.3) is 20.0 Å². The van der Waals surface area contributed by atoms with Crippen molar-refractivity contribution >= 4 is 113 Å². The lowest BCUT2D eigenvalue weighted by atomic mass is 9.95. The summed E-state index contributed by atoms with van der Waals surface area (Å²) in [7, 11) is -9.02. The number of hydrogen-bond donors (Lipinski definition) is 0. The molecule has 0 radical (unpaired) electrons. The van der Waals surface area contributed by atoms with E-state index in [1.807, 2.05) is 77.7 Å². The Hall–Kier alpha value is -3.59. The molecule has 0 saturated heterocycles. The number of sulfonamides is 2. The molecule has 0 N–H and O–H groups in total. The fourth-order valence-electron chi connectivity index (χ4n) is 5.59. The van der Waals surface area contributed by atoms with Crippen LogP contribution in [0.25, 0.3) is 17.7 Å². The first-order valence-electron chi connectivity index (χ1n) is 14.9. The highest BCUT2D eigenvalue weighted by Crippen LogP contribution is 2.46. The quantitative estimate of drug-likeness (QED) is 0.169. The van der Waals surface area contributed by atoms with E-state index in [1.54, 1.807) is 42.5 Å². The number of allylic oxidation sites excluding steroid dienone is 1. The lowest BCUT2D eigenvalue weighted by Crippen LogP contribution is -2.48. The van der Waals surface area contributed by atoms with Gasteiger partial charge >= 0.3 is 0 Å². The van der Waals surface area contributed by atoms with E-state index in [-0.39, 0.29) is 21.4 Å². The van der Waals surface area contributed by atoms with Crippen LogP contribution < -0.4 is 4.90 Å². The zero-order valence-corrected chi connectivity index (χ0v) is 33.6. The summed E-state index contributed by atoms with van der Waals surface area (Å²) >= 11 is 13.8. The fraction of sp³-hybridized carbons (Fsp3) is 0. The maximum absolute atomic E-state index is 15.2. The number of amidine groups is 1. The fourth-order valence-corrected chi connectivity index (χ4v) is 9.12. The second kappa shape index (κ2) is 13.9. The molecule has 2 heterocycles. The van der Waals surface area contributed by atoms with Crippen LogP contribution in [0.2, 0.25) is 0 Å². The first-order chi connectivity index (χ1) is 23.9. The zero-order chi connectivity index (χ0) is 35.2. The van der Waals surface area contributed by atoms with E-state index < -0.39 is 20.0 Å². The van der Waals surface area contributed by atoms with Crippen LogP contribution in [0, 0.1) is 0 Å². The molecule has 250 valence electrons. The summed E-state index contributed by atoms with van der Waals surface area (Å²) in [6.07, 6.45) is 5.51. The lowest BCUT2D eigenvalue weighted by Gasteiger charge is -2.43. The number of nitrogens with zero attached hydrogens (tertiary/aromatic N) is 3. The molecule has 0 aliphatic carbocycles. The van der Waals surface area contributed by atoms with Crippen LogP contribution in [0.5, 0.6) is 0 Å². The van der Waals surface area contributed by atoms with Gasteiger partial charge in [-0.15, -0.1) is 4.40 Å². The van der Waals surface area contributed by atoms with Gasteiger partial charge in [0.2, 0.25) is 0 Å². The molecule has 2 aliphatic rings. The van der Waals surface area contributed by atoms with Gasteiger partial charge in [-0.05, 0) is 108 Å². The Morgan fingerprint density at radius 2 is 1.10 bits per heavy atom. The Morgan fingerprint density at radius 3 is 1.70 bits per heavy atom. The highest BCUT2D eigenvalue weighted by atomic mass is 79.9. The number of benzene rings is 5. The van der Waals surface area contributed by atoms with Crippen LogP contribution in [0.3, 0.4) is 0 Å². The topological polar surface area (TPSA) is 87.1 Å². The molecule has 0 atom stereocenters. The van der Waals surface area contributed by atoms with Gasteiger partial charge < -0.3 is 0 Å². The Kier molecular flexibility index (Phi) is 9.65. The SMILES string of the molecule is O=S(=O)(/N=C1\C(c2ccc(Br)cc2)=C2C=Cc3ccccc3N2/C(=C\c2ccc(Br)cc2)N1S(=O)(=O)c1ccc(Br)cc1)c1ccc(Br)cc1. The second-order valence-corrected chi connectivity index (χ2v) is 18.2. The molecule has 7 nitrogen and oxygen atoms in total. The first-order valence-corrected chi connectivity index (χ1v) is 20.9. The van der Waals surface area contributed by atoms with Crippen molar-refractivity contribution in [3.63, 3.8) is 0 Å². The van der Waals surface area contributed by atoms with E-state index in [9.17, 15) is 8.42 Å². The lowest BCUT2D eigenvalue weighted by molar-refractivity contribution is 0.550. The van der Waals surface area contributed by atoms with Crippen molar-refractivity contribution in [1.29, 1.82) is 0 Å². The number of para-hydroxylation sites is 1. The van der Waals surface area contributed by atoms with Gasteiger partial charge in [0.15, 0.2) is 5.84 Å². The third-order valence-electron chi connectivity index (χ3n) is 7.92. The monoisotopic (exact) mass is 953 g/mol. The molecule has 5 aromatic carbocycles. The Labute approximate surface area is 324 Å².